The van der Waals surface area contributed by atoms with E-state index in [4.69, 9.17) is 0 Å². The van der Waals surface area contributed by atoms with Crippen LogP contribution >= 0.6 is 0 Å². The summed E-state index contributed by atoms with van der Waals surface area (Å²) in [6.45, 7) is 7.67. The summed E-state index contributed by atoms with van der Waals surface area (Å²) in [6.07, 6.45) is -1.13. The van der Waals surface area contributed by atoms with Crippen LogP contribution < -0.4 is 15.5 Å². The zero-order valence-corrected chi connectivity index (χ0v) is 24.5. The first kappa shape index (κ1) is 31.3. The summed E-state index contributed by atoms with van der Waals surface area (Å²) in [5.41, 5.74) is 4.04. The van der Waals surface area contributed by atoms with Crippen LogP contribution in [0.3, 0.4) is 0 Å². The molecule has 2 amide bonds. The number of carbonyl (C=O) groups is 2. The Morgan fingerprint density at radius 2 is 1.53 bits per heavy atom. The number of aromatic nitrogens is 1. The lowest BCUT2D eigenvalue weighted by atomic mass is 10.0. The van der Waals surface area contributed by atoms with E-state index in [1.54, 1.807) is 12.1 Å². The van der Waals surface area contributed by atoms with E-state index in [2.05, 4.69) is 41.3 Å². The summed E-state index contributed by atoms with van der Waals surface area (Å²) in [5.74, 6) is -0.718. The molecule has 4 rings (SSSR count). The molecule has 0 aliphatic carbocycles. The second-order valence-electron chi connectivity index (χ2n) is 10.1. The van der Waals surface area contributed by atoms with Gasteiger partial charge in [0.05, 0.1) is 16.9 Å². The topological polar surface area (TPSA) is 74.3 Å². The van der Waals surface area contributed by atoms with Crippen molar-refractivity contribution >= 4 is 23.2 Å². The molecule has 2 N–H and O–H groups in total. The first-order valence-corrected chi connectivity index (χ1v) is 14.3. The molecule has 0 spiro atoms. The summed E-state index contributed by atoms with van der Waals surface area (Å²) in [6, 6.07) is 21.2. The highest BCUT2D eigenvalue weighted by Crippen LogP contribution is 2.33. The Morgan fingerprint density at radius 3 is 2.26 bits per heavy atom. The van der Waals surface area contributed by atoms with E-state index in [0.29, 0.717) is 28.1 Å². The first-order chi connectivity index (χ1) is 20.6. The minimum Gasteiger partial charge on any atom is -0.372 e. The number of carbonyl (C=O) groups excluding carboxylic acids is 2. The molecule has 0 radical (unpaired) electrons. The van der Waals surface area contributed by atoms with Gasteiger partial charge < -0.3 is 15.5 Å². The number of aryl methyl sites for hydroxylation is 1. The number of hydrogen-bond acceptors (Lipinski definition) is 4. The fourth-order valence-electron chi connectivity index (χ4n) is 4.85. The summed E-state index contributed by atoms with van der Waals surface area (Å²) in [5, 5.41) is 5.71. The van der Waals surface area contributed by atoms with Crippen LogP contribution in [-0.2, 0) is 19.1 Å². The Kier molecular flexibility index (Phi) is 10.2. The number of nitrogens with one attached hydrogen (secondary N) is 2. The number of alkyl halides is 3. The van der Waals surface area contributed by atoms with Gasteiger partial charge in [0.25, 0.3) is 11.8 Å². The third-order valence-corrected chi connectivity index (χ3v) is 7.11. The molecule has 4 aromatic rings. The molecule has 0 bridgehead atoms. The van der Waals surface area contributed by atoms with Crippen LogP contribution in [0.15, 0.2) is 85.1 Å². The van der Waals surface area contributed by atoms with E-state index in [0.717, 1.165) is 49.3 Å². The monoisotopic (exact) mass is 588 g/mol. The molecule has 0 atom stereocenters. The molecule has 6 nitrogen and oxygen atoms in total. The average Bonchev–Trinajstić information content (AvgIpc) is 3.01. The number of hydrogen-bond donors (Lipinski definition) is 2. The standard InChI is InChI=1S/C34H35F3N4O2/c1-4-9-23-10-7-12-25(18-23)33(43)40-30-15-14-28(41(5-2)6-3)21-29(30)31-20-26(16-17-38-31)32(42)39-22-24-11-8-13-27(19-24)34(35,36)37/h7-8,10-21H,4-6,9,22H2,1-3H3,(H,39,42)(H,40,43). The van der Waals surface area contributed by atoms with Crippen LogP contribution in [0.4, 0.5) is 24.5 Å². The van der Waals surface area contributed by atoms with E-state index in [1.165, 1.54) is 24.4 Å². The summed E-state index contributed by atoms with van der Waals surface area (Å²) in [4.78, 5) is 33.0. The predicted octanol–water partition coefficient (Wildman–Crippen LogP) is 7.75. The lowest BCUT2D eigenvalue weighted by molar-refractivity contribution is -0.137. The molecule has 0 fully saturated rings. The molecule has 0 saturated carbocycles. The second-order valence-corrected chi connectivity index (χ2v) is 10.1. The highest BCUT2D eigenvalue weighted by molar-refractivity contribution is 6.06. The maximum atomic E-state index is 13.3. The van der Waals surface area contributed by atoms with Gasteiger partial charge in [-0.1, -0.05) is 37.6 Å². The first-order valence-electron chi connectivity index (χ1n) is 14.3. The zero-order valence-electron chi connectivity index (χ0n) is 24.5. The maximum absolute atomic E-state index is 13.3. The number of benzene rings is 3. The third-order valence-electron chi connectivity index (χ3n) is 7.11. The molecule has 3 aromatic carbocycles. The molecule has 9 heteroatoms. The minimum atomic E-state index is -4.47. The van der Waals surface area contributed by atoms with Crippen molar-refractivity contribution in [2.75, 3.05) is 23.3 Å². The van der Waals surface area contributed by atoms with Crippen LogP contribution in [-0.4, -0.2) is 29.9 Å². The zero-order chi connectivity index (χ0) is 31.0. The van der Waals surface area contributed by atoms with Gasteiger partial charge in [-0.05, 0) is 86.0 Å². The van der Waals surface area contributed by atoms with Crippen LogP contribution in [0.25, 0.3) is 11.3 Å². The normalized spacial score (nSPS) is 11.2. The Balaban J connectivity index is 1.62. The summed E-state index contributed by atoms with van der Waals surface area (Å²) >= 11 is 0. The Bertz CT molecular complexity index is 1580. The number of anilines is 2. The largest absolute Gasteiger partial charge is 0.416 e. The van der Waals surface area contributed by atoms with Crippen molar-refractivity contribution in [2.45, 2.75) is 46.3 Å². The summed E-state index contributed by atoms with van der Waals surface area (Å²) < 4.78 is 39.3. The highest BCUT2D eigenvalue weighted by atomic mass is 19.4. The number of pyridine rings is 1. The molecule has 224 valence electrons. The Labute approximate surface area is 250 Å². The smallest absolute Gasteiger partial charge is 0.372 e. The predicted molar refractivity (Wildman–Crippen MR) is 164 cm³/mol. The maximum Gasteiger partial charge on any atom is 0.416 e. The molecule has 0 unspecified atom stereocenters. The number of amides is 2. The van der Waals surface area contributed by atoms with Gasteiger partial charge in [-0.2, -0.15) is 13.2 Å². The summed E-state index contributed by atoms with van der Waals surface area (Å²) in [7, 11) is 0. The minimum absolute atomic E-state index is 0.0732. The Hall–Kier alpha value is -4.66. The van der Waals surface area contributed by atoms with Crippen molar-refractivity contribution in [1.82, 2.24) is 10.3 Å². The van der Waals surface area contributed by atoms with Gasteiger partial charge >= 0.3 is 6.18 Å². The van der Waals surface area contributed by atoms with Crippen molar-refractivity contribution < 1.29 is 22.8 Å². The van der Waals surface area contributed by atoms with E-state index >= 15 is 0 Å². The van der Waals surface area contributed by atoms with Gasteiger partial charge in [0.2, 0.25) is 0 Å². The van der Waals surface area contributed by atoms with Gasteiger partial charge in [0, 0.05) is 48.2 Å². The molecule has 43 heavy (non-hydrogen) atoms. The quantitative estimate of drug-likeness (QED) is 0.188. The van der Waals surface area contributed by atoms with Crippen molar-refractivity contribution in [1.29, 1.82) is 0 Å². The molecular formula is C34H35F3N4O2. The molecule has 0 saturated heterocycles. The van der Waals surface area contributed by atoms with Crippen LogP contribution in [0.2, 0.25) is 0 Å². The van der Waals surface area contributed by atoms with Crippen molar-refractivity contribution in [3.05, 3.63) is 113 Å². The average molecular weight is 589 g/mol. The highest BCUT2D eigenvalue weighted by Gasteiger charge is 2.30. The van der Waals surface area contributed by atoms with Crippen molar-refractivity contribution in [3.8, 4) is 11.3 Å². The van der Waals surface area contributed by atoms with Gasteiger partial charge in [-0.25, -0.2) is 0 Å². The second kappa shape index (κ2) is 14.0. The molecule has 0 aliphatic rings. The Morgan fingerprint density at radius 1 is 0.814 bits per heavy atom. The van der Waals surface area contributed by atoms with Crippen LogP contribution in [0, 0.1) is 0 Å². The number of rotatable bonds is 11. The molecule has 0 aliphatic heterocycles. The number of halogens is 3. The van der Waals surface area contributed by atoms with E-state index in [9.17, 15) is 22.8 Å². The van der Waals surface area contributed by atoms with Crippen LogP contribution in [0.1, 0.15) is 64.6 Å². The van der Waals surface area contributed by atoms with Gasteiger partial charge in [0.1, 0.15) is 0 Å². The fourth-order valence-corrected chi connectivity index (χ4v) is 4.85. The van der Waals surface area contributed by atoms with Gasteiger partial charge in [0.15, 0.2) is 0 Å². The molecular weight excluding hydrogens is 553 g/mol. The van der Waals surface area contributed by atoms with Gasteiger partial charge in [-0.3, -0.25) is 14.6 Å². The van der Waals surface area contributed by atoms with Crippen molar-refractivity contribution in [2.24, 2.45) is 0 Å². The molecule has 1 heterocycles. The third kappa shape index (κ3) is 8.00. The molecule has 1 aromatic heterocycles. The lowest BCUT2D eigenvalue weighted by Gasteiger charge is -2.23. The van der Waals surface area contributed by atoms with E-state index in [1.807, 2.05) is 36.4 Å². The van der Waals surface area contributed by atoms with E-state index < -0.39 is 17.6 Å². The fraction of sp³-hybridized carbons (Fsp3) is 0.265. The van der Waals surface area contributed by atoms with Gasteiger partial charge in [-0.15, -0.1) is 0 Å². The number of nitrogens with zero attached hydrogens (tertiary/aromatic N) is 2. The SMILES string of the molecule is CCCc1cccc(C(=O)Nc2ccc(N(CC)CC)cc2-c2cc(C(=O)NCc3cccc(C(F)(F)F)c3)ccn2)c1. The lowest BCUT2D eigenvalue weighted by Crippen LogP contribution is -2.23. The van der Waals surface area contributed by atoms with Crippen LogP contribution in [0.5, 0.6) is 0 Å². The van der Waals surface area contributed by atoms with E-state index in [-0.39, 0.29) is 18.0 Å². The van der Waals surface area contributed by atoms with Crippen molar-refractivity contribution in [3.63, 3.8) is 0 Å².